The number of ether oxygens (including phenoxy) is 1. The van der Waals surface area contributed by atoms with Gasteiger partial charge in [-0.1, -0.05) is 35.5 Å². The highest BCUT2D eigenvalue weighted by molar-refractivity contribution is 8.00. The largest absolute Gasteiger partial charge is 0.489 e. The molecule has 0 fully saturated rings. The maximum Gasteiger partial charge on any atom is 0.417 e. The van der Waals surface area contributed by atoms with E-state index in [1.807, 2.05) is 12.1 Å². The summed E-state index contributed by atoms with van der Waals surface area (Å²) < 4.78 is 60.4. The van der Waals surface area contributed by atoms with Crippen molar-refractivity contribution in [1.29, 1.82) is 5.26 Å². The van der Waals surface area contributed by atoms with Gasteiger partial charge in [0.25, 0.3) is 0 Å². The van der Waals surface area contributed by atoms with E-state index in [1.54, 1.807) is 42.5 Å². The van der Waals surface area contributed by atoms with Crippen LogP contribution in [0.25, 0.3) is 11.3 Å². The monoisotopic (exact) mass is 571 g/mol. The number of alkyl halides is 3. The highest BCUT2D eigenvalue weighted by atomic mass is 35.5. The molecule has 0 aliphatic carbocycles. The Morgan fingerprint density at radius 3 is 2.31 bits per heavy atom. The van der Waals surface area contributed by atoms with Gasteiger partial charge >= 0.3 is 6.18 Å². The number of pyridine rings is 1. The maximum atomic E-state index is 13.9. The lowest BCUT2D eigenvalue weighted by atomic mass is 10.1. The molecule has 0 atom stereocenters. The Balaban J connectivity index is 1.54. The number of nitrogens with one attached hydrogen (secondary N) is 1. The number of aromatic nitrogens is 1. The second-order valence-corrected chi connectivity index (χ2v) is 9.53. The van der Waals surface area contributed by atoms with Crippen LogP contribution in [0, 0.1) is 17.1 Å². The highest BCUT2D eigenvalue weighted by Gasteiger charge is 2.36. The third kappa shape index (κ3) is 7.50. The van der Waals surface area contributed by atoms with Crippen LogP contribution in [-0.4, -0.2) is 16.6 Å². The van der Waals surface area contributed by atoms with E-state index in [1.165, 1.54) is 12.1 Å². The van der Waals surface area contributed by atoms with Crippen LogP contribution in [-0.2, 0) is 17.6 Å². The lowest BCUT2D eigenvalue weighted by Gasteiger charge is -2.14. The van der Waals surface area contributed by atoms with E-state index in [0.29, 0.717) is 33.8 Å². The van der Waals surface area contributed by atoms with E-state index in [0.717, 1.165) is 23.8 Å². The minimum Gasteiger partial charge on any atom is -0.489 e. The molecule has 4 rings (SSSR count). The fourth-order valence-electron chi connectivity index (χ4n) is 3.44. The highest BCUT2D eigenvalue weighted by Crippen LogP contribution is 2.38. The van der Waals surface area contributed by atoms with E-state index in [4.69, 9.17) is 16.3 Å². The number of hydrogen-bond donors (Lipinski definition) is 1. The quantitative estimate of drug-likeness (QED) is 0.173. The van der Waals surface area contributed by atoms with Crippen LogP contribution in [0.5, 0.6) is 5.75 Å². The zero-order valence-corrected chi connectivity index (χ0v) is 21.5. The van der Waals surface area contributed by atoms with Gasteiger partial charge in [-0.25, -0.2) is 9.37 Å². The fraction of sp³-hybridized carbons (Fsp3) is 0.107. The summed E-state index contributed by atoms with van der Waals surface area (Å²) in [6, 6.07) is 20.8. The number of amides is 1. The predicted octanol–water partition coefficient (Wildman–Crippen LogP) is 7.74. The van der Waals surface area contributed by atoms with E-state index >= 15 is 0 Å². The lowest BCUT2D eigenvalue weighted by Crippen LogP contribution is -2.15. The molecule has 1 amide bonds. The molecule has 0 bridgehead atoms. The number of nitriles is 1. The van der Waals surface area contributed by atoms with Crippen LogP contribution < -0.4 is 10.1 Å². The number of carbonyl (C=O) groups excluding carboxylic acids is 1. The molecule has 4 aromatic rings. The molecule has 1 aromatic heterocycles. The summed E-state index contributed by atoms with van der Waals surface area (Å²) in [4.78, 5) is 16.6. The summed E-state index contributed by atoms with van der Waals surface area (Å²) in [5, 5.41) is 12.4. The number of nitrogens with zero attached hydrogens (tertiary/aromatic N) is 2. The van der Waals surface area contributed by atoms with Gasteiger partial charge in [0.2, 0.25) is 5.91 Å². The molecule has 0 saturated carbocycles. The lowest BCUT2D eigenvalue weighted by molar-refractivity contribution is -0.138. The average Bonchev–Trinajstić information content (AvgIpc) is 2.92. The first-order valence-electron chi connectivity index (χ1n) is 11.3. The number of rotatable bonds is 8. The third-order valence-corrected chi connectivity index (χ3v) is 6.57. The van der Waals surface area contributed by atoms with Gasteiger partial charge in [-0.05, 0) is 72.3 Å². The van der Waals surface area contributed by atoms with Gasteiger partial charge in [0.1, 0.15) is 29.3 Å². The van der Waals surface area contributed by atoms with Gasteiger partial charge < -0.3 is 10.1 Å². The normalized spacial score (nSPS) is 11.1. The Morgan fingerprint density at radius 2 is 1.69 bits per heavy atom. The Hall–Kier alpha value is -4.07. The van der Waals surface area contributed by atoms with Gasteiger partial charge in [-0.3, -0.25) is 4.79 Å². The Labute approximate surface area is 230 Å². The Bertz CT molecular complexity index is 1510. The predicted molar refractivity (Wildman–Crippen MR) is 141 cm³/mol. The topological polar surface area (TPSA) is 75.0 Å². The van der Waals surface area contributed by atoms with Gasteiger partial charge in [0.05, 0.1) is 22.6 Å². The molecular formula is C28H18ClF4N3O2S. The van der Waals surface area contributed by atoms with Crippen LogP contribution >= 0.6 is 23.4 Å². The number of hydrogen-bond acceptors (Lipinski definition) is 5. The molecule has 1 heterocycles. The van der Waals surface area contributed by atoms with E-state index in [9.17, 15) is 27.6 Å². The number of carbonyl (C=O) groups is 1. The van der Waals surface area contributed by atoms with Crippen molar-refractivity contribution in [3.05, 3.63) is 106 Å². The summed E-state index contributed by atoms with van der Waals surface area (Å²) >= 11 is 6.58. The van der Waals surface area contributed by atoms with Gasteiger partial charge in [-0.15, -0.1) is 0 Å². The number of halogens is 5. The standard InChI is InChI=1S/C28H18ClF4N3O2S/c29-19-5-1-17(2-6-19)15-38-22-11-3-18(4-12-22)25-13-24(28(31,32)33)23(14-34)27(36-25)39-16-26(37)35-21-9-7-20(30)8-10-21/h1-13H,15-16H2,(H,35,37). The van der Waals surface area contributed by atoms with Crippen LogP contribution in [0.1, 0.15) is 16.7 Å². The van der Waals surface area contributed by atoms with Gasteiger partial charge in [-0.2, -0.15) is 18.4 Å². The first-order valence-corrected chi connectivity index (χ1v) is 12.7. The minimum absolute atomic E-state index is 0.0213. The molecule has 5 nitrogen and oxygen atoms in total. The van der Waals surface area contributed by atoms with Crippen LogP contribution in [0.15, 0.2) is 83.9 Å². The number of thioether (sulfide) groups is 1. The van der Waals surface area contributed by atoms with Crippen molar-refractivity contribution in [3.8, 4) is 23.1 Å². The Kier molecular flexibility index (Phi) is 8.74. The van der Waals surface area contributed by atoms with Gasteiger partial charge in [0.15, 0.2) is 0 Å². The molecule has 11 heteroatoms. The first kappa shape index (κ1) is 28.0. The number of benzene rings is 3. The molecule has 0 radical (unpaired) electrons. The minimum atomic E-state index is -4.82. The van der Waals surface area contributed by atoms with Crippen molar-refractivity contribution < 1.29 is 27.1 Å². The van der Waals surface area contributed by atoms with Crippen molar-refractivity contribution in [1.82, 2.24) is 4.98 Å². The van der Waals surface area contributed by atoms with Crippen molar-refractivity contribution in [2.75, 3.05) is 11.1 Å². The van der Waals surface area contributed by atoms with Crippen molar-refractivity contribution in [3.63, 3.8) is 0 Å². The van der Waals surface area contributed by atoms with Crippen LogP contribution in [0.4, 0.5) is 23.2 Å². The third-order valence-electron chi connectivity index (χ3n) is 5.34. The van der Waals surface area contributed by atoms with E-state index in [2.05, 4.69) is 10.3 Å². The smallest absolute Gasteiger partial charge is 0.417 e. The summed E-state index contributed by atoms with van der Waals surface area (Å²) in [7, 11) is 0. The Morgan fingerprint density at radius 1 is 1.03 bits per heavy atom. The summed E-state index contributed by atoms with van der Waals surface area (Å²) in [5.74, 6) is -0.871. The molecule has 39 heavy (non-hydrogen) atoms. The van der Waals surface area contributed by atoms with Crippen molar-refractivity contribution in [2.45, 2.75) is 17.8 Å². The molecule has 1 N–H and O–H groups in total. The molecule has 0 unspecified atom stereocenters. The summed E-state index contributed by atoms with van der Waals surface area (Å²) in [6.45, 7) is 0.268. The van der Waals surface area contributed by atoms with Crippen molar-refractivity contribution in [2.24, 2.45) is 0 Å². The number of anilines is 1. The summed E-state index contributed by atoms with van der Waals surface area (Å²) in [5.41, 5.74) is -0.280. The molecule has 0 aliphatic rings. The summed E-state index contributed by atoms with van der Waals surface area (Å²) in [6.07, 6.45) is -4.82. The second-order valence-electron chi connectivity index (χ2n) is 8.13. The molecular weight excluding hydrogens is 554 g/mol. The molecule has 0 aliphatic heterocycles. The first-order chi connectivity index (χ1) is 18.6. The maximum absolute atomic E-state index is 13.9. The SMILES string of the molecule is N#Cc1c(C(F)(F)F)cc(-c2ccc(OCc3ccc(Cl)cc3)cc2)nc1SCC(=O)Nc1ccc(F)cc1. The van der Waals surface area contributed by atoms with E-state index in [-0.39, 0.29) is 23.1 Å². The zero-order chi connectivity index (χ0) is 28.0. The molecule has 0 saturated heterocycles. The van der Waals surface area contributed by atoms with Crippen LogP contribution in [0.2, 0.25) is 5.02 Å². The second kappa shape index (κ2) is 12.2. The average molecular weight is 572 g/mol. The fourth-order valence-corrected chi connectivity index (χ4v) is 4.37. The van der Waals surface area contributed by atoms with Crippen molar-refractivity contribution >= 4 is 35.0 Å². The molecule has 0 spiro atoms. The van der Waals surface area contributed by atoms with Gasteiger partial charge in [0, 0.05) is 16.3 Å². The molecule has 198 valence electrons. The van der Waals surface area contributed by atoms with Crippen LogP contribution in [0.3, 0.4) is 0 Å². The molecule has 3 aromatic carbocycles. The zero-order valence-electron chi connectivity index (χ0n) is 19.9. The van der Waals surface area contributed by atoms with E-state index < -0.39 is 29.0 Å².